The maximum atomic E-state index is 12.8. The summed E-state index contributed by atoms with van der Waals surface area (Å²) in [6.07, 6.45) is 2.80. The van der Waals surface area contributed by atoms with E-state index >= 15 is 0 Å². The van der Waals surface area contributed by atoms with E-state index in [-0.39, 0.29) is 11.8 Å². The molecular weight excluding hydrogens is 288 g/mol. The summed E-state index contributed by atoms with van der Waals surface area (Å²) in [5.74, 6) is 1.47. The van der Waals surface area contributed by atoms with Crippen molar-refractivity contribution >= 4 is 11.8 Å². The van der Waals surface area contributed by atoms with Gasteiger partial charge in [-0.05, 0) is 42.4 Å². The number of benzene rings is 1. The molecule has 0 bridgehead atoms. The second-order valence-electron chi connectivity index (χ2n) is 7.28. The number of carbonyl (C=O) groups excluding carboxylic acids is 2. The van der Waals surface area contributed by atoms with Gasteiger partial charge in [-0.15, -0.1) is 0 Å². The van der Waals surface area contributed by atoms with Gasteiger partial charge >= 0.3 is 0 Å². The Labute approximate surface area is 138 Å². The Morgan fingerprint density at radius 3 is 2.61 bits per heavy atom. The van der Waals surface area contributed by atoms with Crippen molar-refractivity contribution in [1.29, 1.82) is 0 Å². The van der Waals surface area contributed by atoms with Crippen LogP contribution in [-0.2, 0) is 11.3 Å². The minimum atomic E-state index is 0.123. The van der Waals surface area contributed by atoms with E-state index in [1.165, 1.54) is 6.42 Å². The Balaban J connectivity index is 1.71. The van der Waals surface area contributed by atoms with Crippen LogP contribution in [0.3, 0.4) is 0 Å². The smallest absolute Gasteiger partial charge is 0.253 e. The van der Waals surface area contributed by atoms with Crippen LogP contribution in [0.1, 0.15) is 49.0 Å². The summed E-state index contributed by atoms with van der Waals surface area (Å²) in [5, 5.41) is 0. The molecule has 2 fully saturated rings. The van der Waals surface area contributed by atoms with Crippen molar-refractivity contribution in [2.24, 2.45) is 11.8 Å². The Bertz CT molecular complexity index is 589. The number of rotatable bonds is 3. The molecule has 2 amide bonds. The van der Waals surface area contributed by atoms with Crippen LogP contribution in [0.4, 0.5) is 0 Å². The average molecular weight is 314 g/mol. The highest BCUT2D eigenvalue weighted by molar-refractivity contribution is 5.94. The maximum Gasteiger partial charge on any atom is 0.253 e. The minimum absolute atomic E-state index is 0.123. The molecule has 0 aromatic heterocycles. The highest BCUT2D eigenvalue weighted by Crippen LogP contribution is 2.23. The zero-order chi connectivity index (χ0) is 16.4. The summed E-state index contributed by atoms with van der Waals surface area (Å²) in [6, 6.07) is 7.78. The van der Waals surface area contributed by atoms with Crippen molar-refractivity contribution in [3.05, 3.63) is 35.4 Å². The monoisotopic (exact) mass is 314 g/mol. The summed E-state index contributed by atoms with van der Waals surface area (Å²) >= 11 is 0. The number of amides is 2. The molecule has 2 heterocycles. The third-order valence-electron chi connectivity index (χ3n) is 4.87. The molecule has 0 spiro atoms. The van der Waals surface area contributed by atoms with Crippen LogP contribution >= 0.6 is 0 Å². The van der Waals surface area contributed by atoms with Crippen molar-refractivity contribution in [2.45, 2.75) is 39.7 Å². The molecule has 3 rings (SSSR count). The molecule has 2 atom stereocenters. The molecule has 2 unspecified atom stereocenters. The Morgan fingerprint density at radius 1 is 1.22 bits per heavy atom. The maximum absolute atomic E-state index is 12.8. The molecule has 0 aliphatic carbocycles. The third-order valence-corrected chi connectivity index (χ3v) is 4.87. The quantitative estimate of drug-likeness (QED) is 0.860. The van der Waals surface area contributed by atoms with Crippen LogP contribution in [0.5, 0.6) is 0 Å². The molecule has 23 heavy (non-hydrogen) atoms. The van der Waals surface area contributed by atoms with Crippen LogP contribution < -0.4 is 0 Å². The van der Waals surface area contributed by atoms with Crippen LogP contribution in [-0.4, -0.2) is 41.2 Å². The van der Waals surface area contributed by atoms with Gasteiger partial charge in [0.05, 0.1) is 0 Å². The molecule has 4 nitrogen and oxygen atoms in total. The van der Waals surface area contributed by atoms with Crippen molar-refractivity contribution in [3.63, 3.8) is 0 Å². The summed E-state index contributed by atoms with van der Waals surface area (Å²) < 4.78 is 0. The molecule has 1 aromatic carbocycles. The van der Waals surface area contributed by atoms with E-state index in [0.717, 1.165) is 37.2 Å². The van der Waals surface area contributed by atoms with Crippen LogP contribution in [0, 0.1) is 11.8 Å². The summed E-state index contributed by atoms with van der Waals surface area (Å²) in [5.41, 5.74) is 1.79. The molecule has 0 N–H and O–H groups in total. The van der Waals surface area contributed by atoms with E-state index in [1.54, 1.807) is 0 Å². The molecule has 1 aromatic rings. The van der Waals surface area contributed by atoms with Crippen LogP contribution in [0.25, 0.3) is 0 Å². The Kier molecular flexibility index (Phi) is 4.69. The zero-order valence-electron chi connectivity index (χ0n) is 14.1. The Hall–Kier alpha value is -1.84. The van der Waals surface area contributed by atoms with Gasteiger partial charge in [-0.25, -0.2) is 0 Å². The van der Waals surface area contributed by atoms with Gasteiger partial charge in [-0.2, -0.15) is 0 Å². The fraction of sp³-hybridized carbons (Fsp3) is 0.579. The molecule has 2 saturated heterocycles. The molecule has 2 aliphatic rings. The largest absolute Gasteiger partial charge is 0.338 e. The number of likely N-dealkylation sites (tertiary alicyclic amines) is 2. The van der Waals surface area contributed by atoms with Gasteiger partial charge in [-0.3, -0.25) is 9.59 Å². The molecule has 4 heteroatoms. The van der Waals surface area contributed by atoms with Crippen molar-refractivity contribution in [2.75, 3.05) is 19.6 Å². The van der Waals surface area contributed by atoms with Gasteiger partial charge in [0.1, 0.15) is 0 Å². The first-order valence-electron chi connectivity index (χ1n) is 8.69. The minimum Gasteiger partial charge on any atom is -0.338 e. The summed E-state index contributed by atoms with van der Waals surface area (Å²) in [4.78, 5) is 28.4. The van der Waals surface area contributed by atoms with E-state index in [4.69, 9.17) is 0 Å². The number of hydrogen-bond donors (Lipinski definition) is 0. The highest BCUT2D eigenvalue weighted by Gasteiger charge is 2.26. The van der Waals surface area contributed by atoms with E-state index in [9.17, 15) is 9.59 Å². The average Bonchev–Trinajstić information content (AvgIpc) is 2.91. The normalized spacial score (nSPS) is 25.0. The first-order chi connectivity index (χ1) is 11.0. The SMILES string of the molecule is CC1CC(C)CN(C(=O)c2cccc(CN3CCCC3=O)c2)C1. The predicted octanol–water partition coefficient (Wildman–Crippen LogP) is 2.93. The van der Waals surface area contributed by atoms with Crippen molar-refractivity contribution < 1.29 is 9.59 Å². The number of carbonyl (C=O) groups is 2. The molecule has 0 radical (unpaired) electrons. The van der Waals surface area contributed by atoms with Gasteiger partial charge in [-0.1, -0.05) is 26.0 Å². The van der Waals surface area contributed by atoms with Crippen molar-refractivity contribution in [1.82, 2.24) is 9.80 Å². The number of piperidine rings is 1. The molecule has 2 aliphatic heterocycles. The Morgan fingerprint density at radius 2 is 1.96 bits per heavy atom. The lowest BCUT2D eigenvalue weighted by molar-refractivity contribution is -0.128. The highest BCUT2D eigenvalue weighted by atomic mass is 16.2. The first kappa shape index (κ1) is 16.0. The number of hydrogen-bond acceptors (Lipinski definition) is 2. The summed E-state index contributed by atoms with van der Waals surface area (Å²) in [6.45, 7) is 7.57. The van der Waals surface area contributed by atoms with Gasteiger partial charge in [0.15, 0.2) is 0 Å². The standard InChI is InChI=1S/C19H26N2O2/c1-14-9-15(2)12-21(11-14)19(23)17-6-3-5-16(10-17)13-20-8-4-7-18(20)22/h3,5-6,10,14-15H,4,7-9,11-13H2,1-2H3. The molecular formula is C19H26N2O2. The van der Waals surface area contributed by atoms with E-state index in [1.807, 2.05) is 34.1 Å². The van der Waals surface area contributed by atoms with E-state index in [2.05, 4.69) is 13.8 Å². The van der Waals surface area contributed by atoms with Gasteiger partial charge < -0.3 is 9.80 Å². The predicted molar refractivity (Wildman–Crippen MR) is 89.9 cm³/mol. The van der Waals surface area contributed by atoms with Crippen LogP contribution in [0.2, 0.25) is 0 Å². The van der Waals surface area contributed by atoms with E-state index < -0.39 is 0 Å². The first-order valence-corrected chi connectivity index (χ1v) is 8.69. The molecule has 0 saturated carbocycles. The number of nitrogens with zero attached hydrogens (tertiary/aromatic N) is 2. The second kappa shape index (κ2) is 6.73. The van der Waals surface area contributed by atoms with Crippen LogP contribution in [0.15, 0.2) is 24.3 Å². The fourth-order valence-electron chi connectivity index (χ4n) is 3.91. The third kappa shape index (κ3) is 3.74. The fourth-order valence-corrected chi connectivity index (χ4v) is 3.91. The summed E-state index contributed by atoms with van der Waals surface area (Å²) in [7, 11) is 0. The van der Waals surface area contributed by atoms with Gasteiger partial charge in [0.2, 0.25) is 5.91 Å². The van der Waals surface area contributed by atoms with Gasteiger partial charge in [0.25, 0.3) is 5.91 Å². The topological polar surface area (TPSA) is 40.6 Å². The zero-order valence-corrected chi connectivity index (χ0v) is 14.1. The molecule has 124 valence electrons. The van der Waals surface area contributed by atoms with Crippen molar-refractivity contribution in [3.8, 4) is 0 Å². The lowest BCUT2D eigenvalue weighted by Crippen LogP contribution is -2.42. The lowest BCUT2D eigenvalue weighted by atomic mass is 9.91. The second-order valence-corrected chi connectivity index (χ2v) is 7.28. The van der Waals surface area contributed by atoms with Gasteiger partial charge in [0, 0.05) is 38.2 Å². The van der Waals surface area contributed by atoms with E-state index in [0.29, 0.717) is 24.8 Å². The lowest BCUT2D eigenvalue weighted by Gasteiger charge is -2.35.